The maximum absolute atomic E-state index is 13.2. The van der Waals surface area contributed by atoms with Crippen molar-refractivity contribution in [2.75, 3.05) is 26.2 Å². The number of thiophene rings is 1. The Hall–Kier alpha value is -2.81. The number of carbonyl (C=O) groups is 2. The summed E-state index contributed by atoms with van der Waals surface area (Å²) in [6.45, 7) is 1.31. The molecule has 0 saturated carbocycles. The standard InChI is InChI=1S/C16H14FN3O4S/c17-12-3-1-2-11(10-12)15(21)18-6-8-19(9-7-18)16(22)13-4-5-14(25-13)20(23)24/h1-5,10H,6-9H2. The van der Waals surface area contributed by atoms with E-state index in [1.165, 1.54) is 30.3 Å². The number of nitrogens with zero attached hydrogens (tertiary/aromatic N) is 3. The van der Waals surface area contributed by atoms with E-state index in [2.05, 4.69) is 0 Å². The molecule has 2 heterocycles. The minimum Gasteiger partial charge on any atom is -0.335 e. The van der Waals surface area contributed by atoms with E-state index in [1.807, 2.05) is 0 Å². The fraction of sp³-hybridized carbons (Fsp3) is 0.250. The summed E-state index contributed by atoms with van der Waals surface area (Å²) in [5, 5.41) is 10.6. The van der Waals surface area contributed by atoms with Crippen LogP contribution in [0.25, 0.3) is 0 Å². The lowest BCUT2D eigenvalue weighted by Gasteiger charge is -2.34. The van der Waals surface area contributed by atoms with Gasteiger partial charge in [-0.1, -0.05) is 17.4 Å². The highest BCUT2D eigenvalue weighted by Crippen LogP contribution is 2.25. The Morgan fingerprint density at radius 2 is 1.68 bits per heavy atom. The molecule has 1 aliphatic heterocycles. The van der Waals surface area contributed by atoms with E-state index in [4.69, 9.17) is 0 Å². The number of benzene rings is 1. The zero-order valence-corrected chi connectivity index (χ0v) is 13.9. The number of nitro groups is 1. The number of halogens is 1. The van der Waals surface area contributed by atoms with Gasteiger partial charge in [0, 0.05) is 37.8 Å². The van der Waals surface area contributed by atoms with Crippen LogP contribution in [0.3, 0.4) is 0 Å². The average molecular weight is 363 g/mol. The molecule has 2 aromatic rings. The summed E-state index contributed by atoms with van der Waals surface area (Å²) in [6, 6.07) is 8.23. The smallest absolute Gasteiger partial charge is 0.324 e. The van der Waals surface area contributed by atoms with Crippen LogP contribution in [0.2, 0.25) is 0 Å². The van der Waals surface area contributed by atoms with Crippen molar-refractivity contribution in [2.24, 2.45) is 0 Å². The molecule has 1 fully saturated rings. The average Bonchev–Trinajstić information content (AvgIpc) is 3.11. The third-order valence-corrected chi connectivity index (χ3v) is 4.93. The van der Waals surface area contributed by atoms with Crippen LogP contribution in [0.15, 0.2) is 36.4 Å². The third-order valence-electron chi connectivity index (χ3n) is 3.91. The van der Waals surface area contributed by atoms with Gasteiger partial charge in [0.15, 0.2) is 0 Å². The van der Waals surface area contributed by atoms with Crippen LogP contribution in [0.1, 0.15) is 20.0 Å². The molecular formula is C16H14FN3O4S. The van der Waals surface area contributed by atoms with Crippen molar-refractivity contribution >= 4 is 28.2 Å². The zero-order chi connectivity index (χ0) is 18.0. The Kier molecular flexibility index (Phi) is 4.75. The van der Waals surface area contributed by atoms with Gasteiger partial charge in [-0.25, -0.2) is 4.39 Å². The number of hydrogen-bond donors (Lipinski definition) is 0. The Balaban J connectivity index is 1.62. The van der Waals surface area contributed by atoms with Crippen molar-refractivity contribution in [3.05, 3.63) is 62.8 Å². The molecule has 1 aliphatic rings. The van der Waals surface area contributed by atoms with Gasteiger partial charge in [-0.15, -0.1) is 0 Å². The van der Waals surface area contributed by atoms with Gasteiger partial charge in [0.1, 0.15) is 5.82 Å². The number of amides is 2. The van der Waals surface area contributed by atoms with Crippen LogP contribution in [0, 0.1) is 15.9 Å². The van der Waals surface area contributed by atoms with E-state index in [0.29, 0.717) is 31.1 Å². The normalized spacial score (nSPS) is 14.4. The van der Waals surface area contributed by atoms with Crippen LogP contribution in [0.5, 0.6) is 0 Å². The predicted octanol–water partition coefficient (Wildman–Crippen LogP) is 2.39. The van der Waals surface area contributed by atoms with Crippen LogP contribution < -0.4 is 0 Å². The fourth-order valence-electron chi connectivity index (χ4n) is 2.61. The minimum absolute atomic E-state index is 0.0803. The lowest BCUT2D eigenvalue weighted by atomic mass is 10.1. The van der Waals surface area contributed by atoms with Crippen LogP contribution in [0.4, 0.5) is 9.39 Å². The van der Waals surface area contributed by atoms with Gasteiger partial charge in [0.2, 0.25) is 0 Å². The van der Waals surface area contributed by atoms with Gasteiger partial charge in [-0.05, 0) is 24.3 Å². The first kappa shape index (κ1) is 17.0. The largest absolute Gasteiger partial charge is 0.335 e. The Bertz CT molecular complexity index is 830. The van der Waals surface area contributed by atoms with E-state index in [-0.39, 0.29) is 22.4 Å². The number of rotatable bonds is 3. The van der Waals surface area contributed by atoms with E-state index in [0.717, 1.165) is 11.3 Å². The highest BCUT2D eigenvalue weighted by Gasteiger charge is 2.27. The van der Waals surface area contributed by atoms with Crippen LogP contribution in [-0.4, -0.2) is 52.7 Å². The SMILES string of the molecule is O=C(c1cccc(F)c1)N1CCN(C(=O)c2ccc([N+](=O)[O-])s2)CC1. The number of carbonyl (C=O) groups excluding carboxylic acids is 2. The lowest BCUT2D eigenvalue weighted by Crippen LogP contribution is -2.50. The summed E-state index contributed by atoms with van der Waals surface area (Å²) in [4.78, 5) is 38.4. The Morgan fingerprint density at radius 3 is 2.24 bits per heavy atom. The van der Waals surface area contributed by atoms with Crippen LogP contribution in [-0.2, 0) is 0 Å². The lowest BCUT2D eigenvalue weighted by molar-refractivity contribution is -0.380. The summed E-state index contributed by atoms with van der Waals surface area (Å²) in [5.74, 6) is -1.03. The second kappa shape index (κ2) is 6.98. The second-order valence-corrected chi connectivity index (χ2v) is 6.55. The summed E-state index contributed by atoms with van der Waals surface area (Å²) in [6.07, 6.45) is 0. The maximum atomic E-state index is 13.2. The molecule has 9 heteroatoms. The molecule has 0 atom stereocenters. The molecule has 1 saturated heterocycles. The van der Waals surface area contributed by atoms with Gasteiger partial charge in [0.25, 0.3) is 11.8 Å². The van der Waals surface area contributed by atoms with Crippen molar-refractivity contribution in [1.82, 2.24) is 9.80 Å². The Morgan fingerprint density at radius 1 is 1.04 bits per heavy atom. The molecule has 0 bridgehead atoms. The van der Waals surface area contributed by atoms with Crippen molar-refractivity contribution in [3.8, 4) is 0 Å². The van der Waals surface area contributed by atoms with Crippen molar-refractivity contribution in [2.45, 2.75) is 0 Å². The van der Waals surface area contributed by atoms with E-state index < -0.39 is 10.7 Å². The highest BCUT2D eigenvalue weighted by atomic mass is 32.1. The summed E-state index contributed by atoms with van der Waals surface area (Å²) >= 11 is 0.836. The van der Waals surface area contributed by atoms with Gasteiger partial charge in [-0.3, -0.25) is 19.7 Å². The third kappa shape index (κ3) is 3.66. The summed E-state index contributed by atoms with van der Waals surface area (Å²) < 4.78 is 13.2. The molecule has 0 aliphatic carbocycles. The zero-order valence-electron chi connectivity index (χ0n) is 13.1. The molecular weight excluding hydrogens is 349 g/mol. The summed E-state index contributed by atoms with van der Waals surface area (Å²) in [5.41, 5.74) is 0.272. The Labute approximate surface area is 146 Å². The molecule has 25 heavy (non-hydrogen) atoms. The molecule has 0 N–H and O–H groups in total. The molecule has 130 valence electrons. The molecule has 0 unspecified atom stereocenters. The highest BCUT2D eigenvalue weighted by molar-refractivity contribution is 7.17. The first-order chi connectivity index (χ1) is 12.0. The molecule has 3 rings (SSSR count). The van der Waals surface area contributed by atoms with E-state index in [9.17, 15) is 24.1 Å². The molecule has 1 aromatic carbocycles. The number of piperazine rings is 1. The minimum atomic E-state index is -0.531. The molecule has 1 aromatic heterocycles. The van der Waals surface area contributed by atoms with Crippen molar-refractivity contribution in [1.29, 1.82) is 0 Å². The van der Waals surface area contributed by atoms with E-state index in [1.54, 1.807) is 15.9 Å². The molecule has 0 spiro atoms. The first-order valence-corrected chi connectivity index (χ1v) is 8.35. The predicted molar refractivity (Wildman–Crippen MR) is 89.2 cm³/mol. The van der Waals surface area contributed by atoms with Crippen molar-refractivity contribution < 1.29 is 18.9 Å². The van der Waals surface area contributed by atoms with Crippen molar-refractivity contribution in [3.63, 3.8) is 0 Å². The van der Waals surface area contributed by atoms with Gasteiger partial charge < -0.3 is 9.80 Å². The second-order valence-electron chi connectivity index (χ2n) is 5.49. The first-order valence-electron chi connectivity index (χ1n) is 7.54. The quantitative estimate of drug-likeness (QED) is 0.619. The summed E-state index contributed by atoms with van der Waals surface area (Å²) in [7, 11) is 0. The molecule has 7 nitrogen and oxygen atoms in total. The number of hydrogen-bond acceptors (Lipinski definition) is 5. The van der Waals surface area contributed by atoms with Gasteiger partial charge in [-0.2, -0.15) is 0 Å². The maximum Gasteiger partial charge on any atom is 0.324 e. The topological polar surface area (TPSA) is 83.8 Å². The van der Waals surface area contributed by atoms with Gasteiger partial charge >= 0.3 is 5.00 Å². The molecule has 0 radical (unpaired) electrons. The fourth-order valence-corrected chi connectivity index (χ4v) is 3.40. The van der Waals surface area contributed by atoms with Gasteiger partial charge in [0.05, 0.1) is 9.80 Å². The molecule has 2 amide bonds. The monoisotopic (exact) mass is 363 g/mol. The van der Waals surface area contributed by atoms with E-state index >= 15 is 0 Å². The van der Waals surface area contributed by atoms with Crippen LogP contribution >= 0.6 is 11.3 Å².